The van der Waals surface area contributed by atoms with E-state index in [2.05, 4.69) is 194 Å². The molecule has 0 aliphatic heterocycles. The van der Waals surface area contributed by atoms with Gasteiger partial charge in [0.25, 0.3) is 0 Å². The lowest BCUT2D eigenvalue weighted by molar-refractivity contribution is 0.673. The number of furan rings is 1. The number of fused-ring (bicyclic) bond motifs is 12. The molecular formula is C56H32OS. The molecule has 0 bridgehead atoms. The third-order valence-electron chi connectivity index (χ3n) is 12.4. The molecule has 0 saturated heterocycles. The minimum absolute atomic E-state index is 0.932. The third kappa shape index (κ3) is 4.58. The molecule has 0 N–H and O–H groups in total. The average Bonchev–Trinajstić information content (AvgIpc) is 3.85. The minimum Gasteiger partial charge on any atom is -0.455 e. The van der Waals surface area contributed by atoms with Crippen LogP contribution in [0.25, 0.3) is 129 Å². The monoisotopic (exact) mass is 752 g/mol. The number of rotatable bonds is 3. The highest BCUT2D eigenvalue weighted by molar-refractivity contribution is 7.26. The van der Waals surface area contributed by atoms with Gasteiger partial charge in [0.15, 0.2) is 0 Å². The summed E-state index contributed by atoms with van der Waals surface area (Å²) in [5.74, 6) is 0. The summed E-state index contributed by atoms with van der Waals surface area (Å²) in [5.41, 5.74) is 9.45. The molecule has 2 heterocycles. The van der Waals surface area contributed by atoms with Gasteiger partial charge in [0.2, 0.25) is 0 Å². The number of hydrogen-bond donors (Lipinski definition) is 0. The standard InChI is InChI=1S/C56H32OS/c1-2-12-34-29-38(24-21-33(34)11-1)51-43-16-5-7-18-45(43)52(46-19-8-6-17-44(46)51)39-25-22-36-31-40(26-23-35(36)30-39)53-41-14-4-3-13-37(41)32-48-54-50(58-56(48)53)28-27-47-42-15-9-10-20-49(42)57-55(47)54/h1-32H. The predicted molar refractivity (Wildman–Crippen MR) is 250 cm³/mol. The van der Waals surface area contributed by atoms with Crippen LogP contribution >= 0.6 is 11.3 Å². The fourth-order valence-corrected chi connectivity index (χ4v) is 11.0. The van der Waals surface area contributed by atoms with Gasteiger partial charge in [-0.05, 0) is 124 Å². The number of hydrogen-bond acceptors (Lipinski definition) is 2. The molecule has 2 aromatic heterocycles. The number of thiophene rings is 1. The maximum absolute atomic E-state index is 6.60. The molecule has 0 unspecified atom stereocenters. The first-order chi connectivity index (χ1) is 28.7. The van der Waals surface area contributed by atoms with Gasteiger partial charge in [-0.25, -0.2) is 0 Å². The van der Waals surface area contributed by atoms with Gasteiger partial charge < -0.3 is 4.42 Å². The van der Waals surface area contributed by atoms with Gasteiger partial charge in [-0.3, -0.25) is 0 Å². The van der Waals surface area contributed by atoms with Crippen LogP contribution in [0.3, 0.4) is 0 Å². The summed E-state index contributed by atoms with van der Waals surface area (Å²) >= 11 is 1.87. The van der Waals surface area contributed by atoms with Crippen LogP contribution in [-0.2, 0) is 0 Å². The van der Waals surface area contributed by atoms with E-state index in [-0.39, 0.29) is 0 Å². The molecule has 268 valence electrons. The molecule has 0 fully saturated rings. The summed E-state index contributed by atoms with van der Waals surface area (Å²) in [7, 11) is 0. The Kier molecular flexibility index (Phi) is 6.66. The van der Waals surface area contributed by atoms with Gasteiger partial charge in [-0.15, -0.1) is 11.3 Å². The highest BCUT2D eigenvalue weighted by Gasteiger charge is 2.21. The molecule has 13 aromatic rings. The average molecular weight is 753 g/mol. The van der Waals surface area contributed by atoms with Crippen molar-refractivity contribution >= 4 is 107 Å². The maximum atomic E-state index is 6.60. The molecule has 11 aromatic carbocycles. The molecule has 13 rings (SSSR count). The van der Waals surface area contributed by atoms with Crippen LogP contribution in [0.15, 0.2) is 199 Å². The maximum Gasteiger partial charge on any atom is 0.144 e. The first-order valence-electron chi connectivity index (χ1n) is 19.9. The fourth-order valence-electron chi connectivity index (χ4n) is 9.78. The van der Waals surface area contributed by atoms with Crippen molar-refractivity contribution in [3.8, 4) is 33.4 Å². The van der Waals surface area contributed by atoms with Crippen molar-refractivity contribution in [3.05, 3.63) is 194 Å². The lowest BCUT2D eigenvalue weighted by Gasteiger charge is -2.18. The van der Waals surface area contributed by atoms with Crippen LogP contribution in [0.1, 0.15) is 0 Å². The van der Waals surface area contributed by atoms with Crippen LogP contribution < -0.4 is 0 Å². The van der Waals surface area contributed by atoms with Gasteiger partial charge >= 0.3 is 0 Å². The Morgan fingerprint density at radius 3 is 1.43 bits per heavy atom. The Hall–Kier alpha value is -7.26. The molecule has 0 atom stereocenters. The van der Waals surface area contributed by atoms with Gasteiger partial charge in [0.05, 0.1) is 0 Å². The van der Waals surface area contributed by atoms with Gasteiger partial charge in [0.1, 0.15) is 11.2 Å². The van der Waals surface area contributed by atoms with E-state index in [4.69, 9.17) is 4.42 Å². The lowest BCUT2D eigenvalue weighted by Crippen LogP contribution is -1.91. The second-order valence-corrected chi connectivity index (χ2v) is 16.6. The van der Waals surface area contributed by atoms with Crippen LogP contribution in [0.4, 0.5) is 0 Å². The molecule has 0 amide bonds. The summed E-state index contributed by atoms with van der Waals surface area (Å²) in [6, 6.07) is 71.6. The van der Waals surface area contributed by atoms with E-state index in [0.29, 0.717) is 0 Å². The largest absolute Gasteiger partial charge is 0.455 e. The van der Waals surface area contributed by atoms with Crippen molar-refractivity contribution in [2.75, 3.05) is 0 Å². The Morgan fingerprint density at radius 2 is 0.793 bits per heavy atom. The number of para-hydroxylation sites is 1. The minimum atomic E-state index is 0.932. The van der Waals surface area contributed by atoms with E-state index in [1.807, 2.05) is 11.3 Å². The lowest BCUT2D eigenvalue weighted by atomic mass is 9.85. The van der Waals surface area contributed by atoms with E-state index < -0.39 is 0 Å². The fraction of sp³-hybridized carbons (Fsp3) is 0. The molecule has 0 radical (unpaired) electrons. The third-order valence-corrected chi connectivity index (χ3v) is 13.6. The van der Waals surface area contributed by atoms with Crippen molar-refractivity contribution in [1.82, 2.24) is 0 Å². The topological polar surface area (TPSA) is 13.1 Å². The summed E-state index contributed by atoms with van der Waals surface area (Å²) in [6.07, 6.45) is 0. The van der Waals surface area contributed by atoms with Crippen LogP contribution in [-0.4, -0.2) is 0 Å². The molecule has 0 aliphatic rings. The van der Waals surface area contributed by atoms with Crippen molar-refractivity contribution in [3.63, 3.8) is 0 Å². The van der Waals surface area contributed by atoms with Crippen molar-refractivity contribution in [2.45, 2.75) is 0 Å². The normalized spacial score (nSPS) is 12.1. The highest BCUT2D eigenvalue weighted by atomic mass is 32.1. The molecule has 0 aliphatic carbocycles. The SMILES string of the molecule is c1ccc2cc(-c3c4ccccc4c(-c4ccc5cc(-c6c7ccccc7cc7c6sc6ccc8c9ccccc9oc8c67)ccc5c4)c4ccccc34)ccc2c1. The van der Waals surface area contributed by atoms with E-state index in [0.717, 1.165) is 16.6 Å². The summed E-state index contributed by atoms with van der Waals surface area (Å²) < 4.78 is 9.14. The van der Waals surface area contributed by atoms with Crippen molar-refractivity contribution in [2.24, 2.45) is 0 Å². The molecule has 58 heavy (non-hydrogen) atoms. The predicted octanol–water partition coefficient (Wildman–Crippen LogP) is 16.7. The first-order valence-corrected chi connectivity index (χ1v) is 20.7. The summed E-state index contributed by atoms with van der Waals surface area (Å²) in [6.45, 7) is 0. The van der Waals surface area contributed by atoms with E-state index in [1.165, 1.54) is 113 Å². The van der Waals surface area contributed by atoms with Gasteiger partial charge in [-0.2, -0.15) is 0 Å². The quantitative estimate of drug-likeness (QED) is 0.164. The first kappa shape index (κ1) is 31.9. The van der Waals surface area contributed by atoms with Gasteiger partial charge in [0, 0.05) is 36.5 Å². The molecular weight excluding hydrogens is 721 g/mol. The number of benzene rings is 11. The zero-order chi connectivity index (χ0) is 37.9. The molecule has 0 spiro atoms. The smallest absolute Gasteiger partial charge is 0.144 e. The summed E-state index contributed by atoms with van der Waals surface area (Å²) in [4.78, 5) is 0. The Balaban J connectivity index is 1.01. The molecule has 0 saturated carbocycles. The molecule has 1 nitrogen and oxygen atoms in total. The van der Waals surface area contributed by atoms with E-state index >= 15 is 0 Å². The van der Waals surface area contributed by atoms with Crippen molar-refractivity contribution in [1.29, 1.82) is 0 Å². The van der Waals surface area contributed by atoms with Crippen LogP contribution in [0, 0.1) is 0 Å². The van der Waals surface area contributed by atoms with E-state index in [9.17, 15) is 0 Å². The molecule has 2 heteroatoms. The summed E-state index contributed by atoms with van der Waals surface area (Å²) in [5, 5.41) is 17.3. The zero-order valence-electron chi connectivity index (χ0n) is 31.3. The van der Waals surface area contributed by atoms with Crippen LogP contribution in [0.2, 0.25) is 0 Å². The van der Waals surface area contributed by atoms with E-state index in [1.54, 1.807) is 0 Å². The zero-order valence-corrected chi connectivity index (χ0v) is 32.1. The highest BCUT2D eigenvalue weighted by Crippen LogP contribution is 2.49. The Morgan fingerprint density at radius 1 is 0.310 bits per heavy atom. The Bertz CT molecular complexity index is 3810. The van der Waals surface area contributed by atoms with Crippen LogP contribution in [0.5, 0.6) is 0 Å². The van der Waals surface area contributed by atoms with Crippen molar-refractivity contribution < 1.29 is 4.42 Å². The second-order valence-electron chi connectivity index (χ2n) is 15.5. The second kappa shape index (κ2) is 12.1. The van der Waals surface area contributed by atoms with Gasteiger partial charge in [-0.1, -0.05) is 152 Å². The Labute approximate surface area is 337 Å².